The van der Waals surface area contributed by atoms with Gasteiger partial charge in [0.05, 0.1) is 5.52 Å². The van der Waals surface area contributed by atoms with Crippen molar-refractivity contribution in [2.45, 2.75) is 38.1 Å². The van der Waals surface area contributed by atoms with E-state index in [-0.39, 0.29) is 6.04 Å². The first kappa shape index (κ1) is 12.6. The fourth-order valence-electron chi connectivity index (χ4n) is 3.16. The third kappa shape index (κ3) is 2.77. The van der Waals surface area contributed by atoms with Gasteiger partial charge in [-0.15, -0.1) is 0 Å². The fourth-order valence-corrected chi connectivity index (χ4v) is 3.16. The largest absolute Gasteiger partial charge is 0.271 e. The molecule has 0 spiro atoms. The van der Waals surface area contributed by atoms with Gasteiger partial charge in [0, 0.05) is 17.6 Å². The standard InChI is InChI=1S/C16H21N3/c17-19-16(9-12-5-1-2-6-12)14-10-13-7-3-4-8-15(13)18-11-14/h3-4,7-8,10-12,16,19H,1-2,5-6,9,17H2. The molecule has 1 aromatic heterocycles. The Balaban J connectivity index is 1.83. The number of nitrogens with zero attached hydrogens (tertiary/aromatic N) is 1. The second-order valence-corrected chi connectivity index (χ2v) is 5.57. The smallest absolute Gasteiger partial charge is 0.0702 e. The monoisotopic (exact) mass is 255 g/mol. The van der Waals surface area contributed by atoms with Gasteiger partial charge in [-0.1, -0.05) is 43.9 Å². The Kier molecular flexibility index (Phi) is 3.76. The van der Waals surface area contributed by atoms with E-state index in [0.29, 0.717) is 0 Å². The number of hydrogen-bond acceptors (Lipinski definition) is 3. The zero-order chi connectivity index (χ0) is 13.1. The predicted octanol–water partition coefficient (Wildman–Crippen LogP) is 3.32. The quantitative estimate of drug-likeness (QED) is 0.651. The number of rotatable bonds is 4. The number of nitrogens with one attached hydrogen (secondary N) is 1. The van der Waals surface area contributed by atoms with Crippen molar-refractivity contribution in [1.29, 1.82) is 0 Å². The van der Waals surface area contributed by atoms with Gasteiger partial charge in [-0.05, 0) is 30.0 Å². The number of pyridine rings is 1. The average molecular weight is 255 g/mol. The van der Waals surface area contributed by atoms with Gasteiger partial charge in [0.25, 0.3) is 0 Å². The molecule has 1 saturated carbocycles. The van der Waals surface area contributed by atoms with Crippen LogP contribution >= 0.6 is 0 Å². The van der Waals surface area contributed by atoms with Crippen LogP contribution in [0.4, 0.5) is 0 Å². The van der Waals surface area contributed by atoms with Crippen molar-refractivity contribution in [3.63, 3.8) is 0 Å². The van der Waals surface area contributed by atoms with Crippen molar-refractivity contribution in [3.05, 3.63) is 42.1 Å². The third-order valence-corrected chi connectivity index (χ3v) is 4.26. The molecule has 3 heteroatoms. The minimum Gasteiger partial charge on any atom is -0.271 e. The van der Waals surface area contributed by atoms with Gasteiger partial charge in [-0.25, -0.2) is 0 Å². The molecule has 0 bridgehead atoms. The van der Waals surface area contributed by atoms with Gasteiger partial charge in [0.1, 0.15) is 0 Å². The van der Waals surface area contributed by atoms with Crippen LogP contribution in [0, 0.1) is 5.92 Å². The van der Waals surface area contributed by atoms with Gasteiger partial charge in [0.2, 0.25) is 0 Å². The first-order valence-corrected chi connectivity index (χ1v) is 7.17. The Bertz CT molecular complexity index is 546. The predicted molar refractivity (Wildman–Crippen MR) is 78.4 cm³/mol. The molecule has 1 fully saturated rings. The molecule has 1 atom stereocenters. The van der Waals surface area contributed by atoms with Crippen LogP contribution in [0.15, 0.2) is 36.5 Å². The highest BCUT2D eigenvalue weighted by atomic mass is 15.2. The molecule has 0 saturated heterocycles. The maximum absolute atomic E-state index is 5.75. The topological polar surface area (TPSA) is 50.9 Å². The number of hydrogen-bond donors (Lipinski definition) is 2. The zero-order valence-electron chi connectivity index (χ0n) is 11.2. The van der Waals surface area contributed by atoms with Crippen molar-refractivity contribution in [2.24, 2.45) is 11.8 Å². The molecular formula is C16H21N3. The number of benzene rings is 1. The number of para-hydroxylation sites is 1. The molecule has 0 amide bonds. The number of aromatic nitrogens is 1. The van der Waals surface area contributed by atoms with Crippen molar-refractivity contribution < 1.29 is 0 Å². The lowest BCUT2D eigenvalue weighted by Gasteiger charge is -2.20. The van der Waals surface area contributed by atoms with Crippen molar-refractivity contribution in [3.8, 4) is 0 Å². The third-order valence-electron chi connectivity index (χ3n) is 4.26. The van der Waals surface area contributed by atoms with Crippen LogP contribution in [-0.2, 0) is 0 Å². The van der Waals surface area contributed by atoms with E-state index in [0.717, 1.165) is 17.9 Å². The Hall–Kier alpha value is -1.45. The van der Waals surface area contributed by atoms with Gasteiger partial charge in [-0.2, -0.15) is 0 Å². The van der Waals surface area contributed by atoms with Gasteiger partial charge in [0.15, 0.2) is 0 Å². The lowest BCUT2D eigenvalue weighted by Crippen LogP contribution is -2.29. The lowest BCUT2D eigenvalue weighted by atomic mass is 9.94. The zero-order valence-corrected chi connectivity index (χ0v) is 11.2. The molecule has 3 nitrogen and oxygen atoms in total. The summed E-state index contributed by atoms with van der Waals surface area (Å²) in [6, 6.07) is 10.7. The van der Waals surface area contributed by atoms with Crippen LogP contribution in [0.1, 0.15) is 43.7 Å². The van der Waals surface area contributed by atoms with E-state index >= 15 is 0 Å². The number of nitrogens with two attached hydrogens (primary N) is 1. The van der Waals surface area contributed by atoms with E-state index in [1.165, 1.54) is 36.6 Å². The lowest BCUT2D eigenvalue weighted by molar-refractivity contribution is 0.400. The Labute approximate surface area is 114 Å². The summed E-state index contributed by atoms with van der Waals surface area (Å²) in [5.74, 6) is 6.56. The van der Waals surface area contributed by atoms with E-state index in [4.69, 9.17) is 5.84 Å². The summed E-state index contributed by atoms with van der Waals surface area (Å²) in [6.45, 7) is 0. The molecule has 1 heterocycles. The van der Waals surface area contributed by atoms with Gasteiger partial charge < -0.3 is 0 Å². The highest BCUT2D eigenvalue weighted by Crippen LogP contribution is 2.33. The summed E-state index contributed by atoms with van der Waals surface area (Å²) < 4.78 is 0. The second-order valence-electron chi connectivity index (χ2n) is 5.57. The molecule has 2 aromatic rings. The fraction of sp³-hybridized carbons (Fsp3) is 0.438. The van der Waals surface area contributed by atoms with E-state index in [1.807, 2.05) is 18.3 Å². The van der Waals surface area contributed by atoms with Crippen molar-refractivity contribution in [2.75, 3.05) is 0 Å². The maximum Gasteiger partial charge on any atom is 0.0702 e. The highest BCUT2D eigenvalue weighted by Gasteiger charge is 2.20. The van der Waals surface area contributed by atoms with Gasteiger partial charge >= 0.3 is 0 Å². The Morgan fingerprint density at radius 1 is 1.26 bits per heavy atom. The van der Waals surface area contributed by atoms with Crippen molar-refractivity contribution in [1.82, 2.24) is 10.4 Å². The summed E-state index contributed by atoms with van der Waals surface area (Å²) in [5, 5.41) is 1.19. The first-order valence-electron chi connectivity index (χ1n) is 7.17. The van der Waals surface area contributed by atoms with Crippen LogP contribution in [-0.4, -0.2) is 4.98 Å². The van der Waals surface area contributed by atoms with E-state index in [1.54, 1.807) is 0 Å². The van der Waals surface area contributed by atoms with E-state index in [9.17, 15) is 0 Å². The van der Waals surface area contributed by atoms with Crippen LogP contribution < -0.4 is 11.3 Å². The molecule has 3 N–H and O–H groups in total. The SMILES string of the molecule is NNC(CC1CCCC1)c1cnc2ccccc2c1. The second kappa shape index (κ2) is 5.68. The minimum absolute atomic E-state index is 0.222. The summed E-state index contributed by atoms with van der Waals surface area (Å²) in [7, 11) is 0. The molecule has 0 aliphatic heterocycles. The summed E-state index contributed by atoms with van der Waals surface area (Å²) >= 11 is 0. The molecule has 0 radical (unpaired) electrons. The molecular weight excluding hydrogens is 234 g/mol. The first-order chi connectivity index (χ1) is 9.36. The molecule has 1 aliphatic rings. The Morgan fingerprint density at radius 3 is 2.84 bits per heavy atom. The normalized spacial score (nSPS) is 17.9. The molecule has 1 aliphatic carbocycles. The molecule has 1 aromatic carbocycles. The summed E-state index contributed by atoms with van der Waals surface area (Å²) in [5.41, 5.74) is 5.22. The van der Waals surface area contributed by atoms with Crippen LogP contribution in [0.25, 0.3) is 10.9 Å². The average Bonchev–Trinajstić information content (AvgIpc) is 2.97. The van der Waals surface area contributed by atoms with Crippen molar-refractivity contribution >= 4 is 10.9 Å². The van der Waals surface area contributed by atoms with E-state index < -0.39 is 0 Å². The molecule has 1 unspecified atom stereocenters. The molecule has 3 rings (SSSR count). The highest BCUT2D eigenvalue weighted by molar-refractivity contribution is 5.78. The maximum atomic E-state index is 5.75. The number of hydrazine groups is 1. The van der Waals surface area contributed by atoms with Gasteiger partial charge in [-0.3, -0.25) is 16.3 Å². The van der Waals surface area contributed by atoms with Crippen LogP contribution in [0.3, 0.4) is 0 Å². The molecule has 19 heavy (non-hydrogen) atoms. The summed E-state index contributed by atoms with van der Waals surface area (Å²) in [6.07, 6.45) is 8.52. The van der Waals surface area contributed by atoms with Crippen LogP contribution in [0.5, 0.6) is 0 Å². The van der Waals surface area contributed by atoms with E-state index in [2.05, 4.69) is 28.6 Å². The minimum atomic E-state index is 0.222. The summed E-state index contributed by atoms with van der Waals surface area (Å²) in [4.78, 5) is 4.53. The molecule has 100 valence electrons. The number of fused-ring (bicyclic) bond motifs is 1. The Morgan fingerprint density at radius 2 is 2.05 bits per heavy atom. The van der Waals surface area contributed by atoms with Crippen LogP contribution in [0.2, 0.25) is 0 Å².